The van der Waals surface area contributed by atoms with Crippen LogP contribution in [0.3, 0.4) is 0 Å². The normalized spacial score (nSPS) is 15.1. The number of nitrogens with one attached hydrogen (secondary N) is 1. The van der Waals surface area contributed by atoms with Crippen molar-refractivity contribution < 1.29 is 28.3 Å². The highest BCUT2D eigenvalue weighted by atomic mass is 32.2. The van der Waals surface area contributed by atoms with Crippen molar-refractivity contribution in [2.24, 2.45) is 0 Å². The number of hydrogen-bond acceptors (Lipinski definition) is 7. The summed E-state index contributed by atoms with van der Waals surface area (Å²) in [5.41, 5.74) is -0.933. The Balaban J connectivity index is 3.94. The summed E-state index contributed by atoms with van der Waals surface area (Å²) in [7, 11) is -4.32. The van der Waals surface area contributed by atoms with Gasteiger partial charge in [0, 0.05) is 12.3 Å². The first-order valence-electron chi connectivity index (χ1n) is 4.81. The van der Waals surface area contributed by atoms with Crippen molar-refractivity contribution in [1.29, 1.82) is 0 Å². The molecular formula is C8H18NO6S-. The van der Waals surface area contributed by atoms with Crippen LogP contribution in [-0.2, 0) is 10.1 Å². The third-order valence-electron chi connectivity index (χ3n) is 2.16. The van der Waals surface area contributed by atoms with Crippen molar-refractivity contribution in [3.63, 3.8) is 0 Å². The van der Waals surface area contributed by atoms with E-state index in [1.165, 1.54) is 0 Å². The molecule has 0 aliphatic carbocycles. The third kappa shape index (κ3) is 7.09. The summed E-state index contributed by atoms with van der Waals surface area (Å²) < 4.78 is 30.8. The molecule has 0 aromatic rings. The molecule has 1 atom stereocenters. The molecule has 0 radical (unpaired) electrons. The molecule has 0 aliphatic rings. The highest BCUT2D eigenvalue weighted by Crippen LogP contribution is 2.02. The largest absolute Gasteiger partial charge is 0.748 e. The number of β-amino-alcohol motifs (C(OH)–C–C–N with tert-alkyl or cyclic N) is 1. The first kappa shape index (κ1) is 15.8. The first-order valence-corrected chi connectivity index (χ1v) is 6.38. The van der Waals surface area contributed by atoms with E-state index in [-0.39, 0.29) is 26.2 Å². The van der Waals surface area contributed by atoms with E-state index in [1.54, 1.807) is 6.92 Å². The topological polar surface area (TPSA) is 130 Å². The number of aliphatic hydroxyl groups is 3. The average Bonchev–Trinajstić information content (AvgIpc) is 2.22. The molecule has 7 nitrogen and oxygen atoms in total. The molecule has 0 spiro atoms. The summed E-state index contributed by atoms with van der Waals surface area (Å²) in [6, 6.07) is 0. The van der Waals surface area contributed by atoms with Crippen LogP contribution in [0.15, 0.2) is 0 Å². The maximum Gasteiger partial charge on any atom is 0.0946 e. The smallest absolute Gasteiger partial charge is 0.0946 e. The van der Waals surface area contributed by atoms with Gasteiger partial charge in [0.15, 0.2) is 0 Å². The zero-order valence-corrected chi connectivity index (χ0v) is 9.90. The van der Waals surface area contributed by atoms with Crippen molar-refractivity contribution >= 4 is 10.1 Å². The van der Waals surface area contributed by atoms with E-state index in [1.807, 2.05) is 0 Å². The van der Waals surface area contributed by atoms with Crippen LogP contribution in [0.4, 0.5) is 0 Å². The zero-order valence-electron chi connectivity index (χ0n) is 9.09. The maximum absolute atomic E-state index is 10.3. The van der Waals surface area contributed by atoms with Gasteiger partial charge in [-0.05, 0) is 13.3 Å². The lowest BCUT2D eigenvalue weighted by molar-refractivity contribution is 0.0838. The van der Waals surface area contributed by atoms with Crippen molar-refractivity contribution in [3.05, 3.63) is 0 Å². The van der Waals surface area contributed by atoms with Gasteiger partial charge in [0.05, 0.1) is 35.0 Å². The third-order valence-corrected chi connectivity index (χ3v) is 2.90. The Morgan fingerprint density at radius 1 is 1.38 bits per heavy atom. The summed E-state index contributed by atoms with van der Waals surface area (Å²) in [5, 5.41) is 29.8. The Kier molecular flexibility index (Phi) is 6.38. The summed E-state index contributed by atoms with van der Waals surface area (Å²) >= 11 is 0. The van der Waals surface area contributed by atoms with Gasteiger partial charge in [-0.1, -0.05) is 0 Å². The van der Waals surface area contributed by atoms with Crippen LogP contribution >= 0.6 is 0 Å². The highest BCUT2D eigenvalue weighted by molar-refractivity contribution is 7.85. The maximum atomic E-state index is 10.3. The second-order valence-electron chi connectivity index (χ2n) is 3.96. The Hall–Kier alpha value is -0.250. The van der Waals surface area contributed by atoms with Gasteiger partial charge in [-0.3, -0.25) is 0 Å². The summed E-state index contributed by atoms with van der Waals surface area (Å²) in [6.07, 6.45) is -1.19. The molecule has 0 rings (SSSR count). The summed E-state index contributed by atoms with van der Waals surface area (Å²) in [6.45, 7) is 0.892. The van der Waals surface area contributed by atoms with E-state index < -0.39 is 27.5 Å². The van der Waals surface area contributed by atoms with E-state index in [4.69, 9.17) is 10.2 Å². The molecule has 1 unspecified atom stereocenters. The molecule has 8 heteroatoms. The fourth-order valence-electron chi connectivity index (χ4n) is 0.908. The lowest BCUT2D eigenvalue weighted by atomic mass is 10.1. The molecule has 0 aliphatic heterocycles. The number of hydrogen-bond donors (Lipinski definition) is 4. The van der Waals surface area contributed by atoms with Crippen molar-refractivity contribution in [3.8, 4) is 0 Å². The minimum absolute atomic E-state index is 0.00681. The summed E-state index contributed by atoms with van der Waals surface area (Å²) in [5.74, 6) is -0.634. The summed E-state index contributed by atoms with van der Waals surface area (Å²) in [4.78, 5) is 0. The fourth-order valence-corrected chi connectivity index (χ4v) is 1.47. The average molecular weight is 256 g/mol. The van der Waals surface area contributed by atoms with Crippen molar-refractivity contribution in [1.82, 2.24) is 5.32 Å². The molecular weight excluding hydrogens is 238 g/mol. The number of aliphatic hydroxyl groups excluding tert-OH is 3. The SMILES string of the molecule is CC(CO)(CO)NCC(O)CCS(=O)(=O)[O-]. The van der Waals surface area contributed by atoms with Crippen LogP contribution in [0, 0.1) is 0 Å². The van der Waals surface area contributed by atoms with Gasteiger partial charge in [0.25, 0.3) is 0 Å². The Bertz CT molecular complexity index is 287. The predicted molar refractivity (Wildman–Crippen MR) is 55.8 cm³/mol. The van der Waals surface area contributed by atoms with Gasteiger partial charge < -0.3 is 25.2 Å². The molecule has 98 valence electrons. The second kappa shape index (κ2) is 6.48. The van der Waals surface area contributed by atoms with Crippen LogP contribution in [0.1, 0.15) is 13.3 Å². The fraction of sp³-hybridized carbons (Fsp3) is 1.00. The van der Waals surface area contributed by atoms with Gasteiger partial charge in [-0.25, -0.2) is 8.42 Å². The first-order chi connectivity index (χ1) is 7.22. The van der Waals surface area contributed by atoms with E-state index >= 15 is 0 Å². The standard InChI is InChI=1S/C8H19NO6S/c1-8(5-10,6-11)9-4-7(12)2-3-16(13,14)15/h7,9-12H,2-6H2,1H3,(H,13,14,15)/p-1. The molecule has 0 heterocycles. The Labute approximate surface area is 94.9 Å². The minimum atomic E-state index is -4.32. The molecule has 0 bridgehead atoms. The molecule has 0 aromatic heterocycles. The van der Waals surface area contributed by atoms with E-state index in [0.29, 0.717) is 0 Å². The van der Waals surface area contributed by atoms with Crippen LogP contribution < -0.4 is 5.32 Å². The molecule has 0 saturated carbocycles. The predicted octanol–water partition coefficient (Wildman–Crippen LogP) is -2.38. The Morgan fingerprint density at radius 3 is 2.25 bits per heavy atom. The lowest BCUT2D eigenvalue weighted by Crippen LogP contribution is -2.51. The van der Waals surface area contributed by atoms with E-state index in [9.17, 15) is 18.1 Å². The van der Waals surface area contributed by atoms with Crippen LogP contribution in [0.5, 0.6) is 0 Å². The van der Waals surface area contributed by atoms with E-state index in [0.717, 1.165) is 0 Å². The van der Waals surface area contributed by atoms with Crippen LogP contribution in [-0.4, -0.2) is 65.4 Å². The van der Waals surface area contributed by atoms with Gasteiger partial charge in [-0.2, -0.15) is 0 Å². The van der Waals surface area contributed by atoms with Crippen molar-refractivity contribution in [2.75, 3.05) is 25.5 Å². The molecule has 0 fully saturated rings. The van der Waals surface area contributed by atoms with Crippen molar-refractivity contribution in [2.45, 2.75) is 25.0 Å². The van der Waals surface area contributed by atoms with Crippen LogP contribution in [0.25, 0.3) is 0 Å². The quantitative estimate of drug-likeness (QED) is 0.357. The molecule has 0 aromatic carbocycles. The highest BCUT2D eigenvalue weighted by Gasteiger charge is 2.22. The second-order valence-corrected chi connectivity index (χ2v) is 5.49. The van der Waals surface area contributed by atoms with Gasteiger partial charge in [-0.15, -0.1) is 0 Å². The minimum Gasteiger partial charge on any atom is -0.748 e. The lowest BCUT2D eigenvalue weighted by Gasteiger charge is -2.27. The molecule has 4 N–H and O–H groups in total. The molecule has 0 saturated heterocycles. The van der Waals surface area contributed by atoms with Gasteiger partial charge in [0.2, 0.25) is 0 Å². The van der Waals surface area contributed by atoms with Gasteiger partial charge in [0.1, 0.15) is 0 Å². The zero-order chi connectivity index (χ0) is 12.8. The molecule has 0 amide bonds. The molecule has 16 heavy (non-hydrogen) atoms. The van der Waals surface area contributed by atoms with E-state index in [2.05, 4.69) is 5.32 Å². The van der Waals surface area contributed by atoms with Crippen LogP contribution in [0.2, 0.25) is 0 Å². The monoisotopic (exact) mass is 256 g/mol. The van der Waals surface area contributed by atoms with Gasteiger partial charge >= 0.3 is 0 Å². The Morgan fingerprint density at radius 2 is 1.88 bits per heavy atom. The number of rotatable bonds is 8.